The van der Waals surface area contributed by atoms with E-state index in [1.165, 1.54) is 5.57 Å². The lowest BCUT2D eigenvalue weighted by Crippen LogP contribution is -2.61. The van der Waals surface area contributed by atoms with Gasteiger partial charge in [-0.25, -0.2) is 0 Å². The molecule has 0 bridgehead atoms. The highest BCUT2D eigenvalue weighted by Crippen LogP contribution is 2.54. The van der Waals surface area contributed by atoms with E-state index in [1.54, 1.807) is 0 Å². The molecule has 2 fully saturated rings. The van der Waals surface area contributed by atoms with Gasteiger partial charge in [0, 0.05) is 5.54 Å². The van der Waals surface area contributed by atoms with Crippen molar-refractivity contribution in [1.29, 1.82) is 0 Å². The Labute approximate surface area is 157 Å². The number of fused-ring (bicyclic) bond motifs is 1. The van der Waals surface area contributed by atoms with E-state index in [0.717, 1.165) is 44.9 Å². The van der Waals surface area contributed by atoms with Crippen LogP contribution in [0.25, 0.3) is 0 Å². The Morgan fingerprint density at radius 1 is 1.16 bits per heavy atom. The SMILES string of the molecule is CC1=C[C@H]2[C@H](C3(C)CCC(Cl)C(C)(C)O3)CC[C@@](C)(NC=O)[C@H]2CC1. The van der Waals surface area contributed by atoms with Gasteiger partial charge < -0.3 is 10.1 Å². The number of carbonyl (C=O) groups is 1. The zero-order valence-electron chi connectivity index (χ0n) is 16.4. The monoisotopic (exact) mass is 367 g/mol. The zero-order chi connectivity index (χ0) is 18.5. The lowest BCUT2D eigenvalue weighted by atomic mass is 9.55. The van der Waals surface area contributed by atoms with Gasteiger partial charge in [-0.2, -0.15) is 0 Å². The first kappa shape index (κ1) is 19.2. The molecule has 1 saturated carbocycles. The minimum atomic E-state index is -0.292. The van der Waals surface area contributed by atoms with E-state index < -0.39 is 0 Å². The van der Waals surface area contributed by atoms with Gasteiger partial charge in [0.15, 0.2) is 0 Å². The van der Waals surface area contributed by atoms with E-state index in [4.69, 9.17) is 16.3 Å². The summed E-state index contributed by atoms with van der Waals surface area (Å²) in [5.74, 6) is 1.43. The van der Waals surface area contributed by atoms with Crippen LogP contribution in [-0.4, -0.2) is 28.5 Å². The van der Waals surface area contributed by atoms with Crippen LogP contribution in [0.4, 0.5) is 0 Å². The summed E-state index contributed by atoms with van der Waals surface area (Å²) in [6, 6.07) is 0. The first-order valence-corrected chi connectivity index (χ1v) is 10.3. The summed E-state index contributed by atoms with van der Waals surface area (Å²) in [5, 5.41) is 3.24. The van der Waals surface area contributed by atoms with Gasteiger partial charge >= 0.3 is 0 Å². The topological polar surface area (TPSA) is 38.3 Å². The summed E-state index contributed by atoms with van der Waals surface area (Å²) in [6.07, 6.45) is 9.79. The molecular formula is C21H34ClNO2. The smallest absolute Gasteiger partial charge is 0.207 e. The summed E-state index contributed by atoms with van der Waals surface area (Å²) >= 11 is 6.54. The minimum absolute atomic E-state index is 0.0746. The number of nitrogens with one attached hydrogen (secondary N) is 1. The second-order valence-electron chi connectivity index (χ2n) is 9.58. The standard InChI is InChI=1S/C21H34ClNO2/c1-14-6-7-16-15(12-14)17(8-10-20(16,4)23-13-24)21(5)11-9-18(22)19(2,3)25-21/h12-13,15-18H,6-11H2,1-5H3,(H,23,24)/t15-,16+,17-,18?,20-,21?/m1/s1. The van der Waals surface area contributed by atoms with Crippen molar-refractivity contribution in [3.63, 3.8) is 0 Å². The van der Waals surface area contributed by atoms with Crippen molar-refractivity contribution in [3.05, 3.63) is 11.6 Å². The van der Waals surface area contributed by atoms with Gasteiger partial charge in [-0.05, 0) is 90.9 Å². The molecule has 0 aromatic rings. The molecule has 4 heteroatoms. The molecule has 1 aliphatic heterocycles. The van der Waals surface area contributed by atoms with Gasteiger partial charge in [-0.15, -0.1) is 11.6 Å². The number of alkyl halides is 1. The molecule has 0 spiro atoms. The van der Waals surface area contributed by atoms with Gasteiger partial charge in [0.1, 0.15) is 0 Å². The summed E-state index contributed by atoms with van der Waals surface area (Å²) in [6.45, 7) is 11.0. The average molecular weight is 368 g/mol. The van der Waals surface area contributed by atoms with Gasteiger partial charge in [0.25, 0.3) is 0 Å². The molecule has 3 nitrogen and oxygen atoms in total. The second-order valence-corrected chi connectivity index (χ2v) is 10.1. The van der Waals surface area contributed by atoms with Crippen molar-refractivity contribution in [2.45, 2.75) is 95.3 Å². The summed E-state index contributed by atoms with van der Waals surface area (Å²) < 4.78 is 6.67. The molecule has 1 N–H and O–H groups in total. The highest BCUT2D eigenvalue weighted by Gasteiger charge is 2.55. The fraction of sp³-hybridized carbons (Fsp3) is 0.857. The number of allylic oxidation sites excluding steroid dienone is 2. The molecule has 1 heterocycles. The molecule has 1 amide bonds. The fourth-order valence-corrected chi connectivity index (χ4v) is 5.99. The molecule has 2 aliphatic carbocycles. The summed E-state index contributed by atoms with van der Waals surface area (Å²) in [4.78, 5) is 11.2. The van der Waals surface area contributed by atoms with Crippen LogP contribution in [0, 0.1) is 17.8 Å². The molecular weight excluding hydrogens is 334 g/mol. The van der Waals surface area contributed by atoms with E-state index in [9.17, 15) is 4.79 Å². The molecule has 2 unspecified atom stereocenters. The Morgan fingerprint density at radius 2 is 1.88 bits per heavy atom. The van der Waals surface area contributed by atoms with Crippen molar-refractivity contribution >= 4 is 18.0 Å². The third kappa shape index (κ3) is 3.39. The molecule has 3 rings (SSSR count). The van der Waals surface area contributed by atoms with Crippen molar-refractivity contribution in [2.24, 2.45) is 17.8 Å². The Kier molecular flexibility index (Phi) is 5.05. The zero-order valence-corrected chi connectivity index (χ0v) is 17.2. The van der Waals surface area contributed by atoms with Crippen LogP contribution in [-0.2, 0) is 9.53 Å². The Bertz CT molecular complexity index is 560. The molecule has 1 saturated heterocycles. The number of ether oxygens (including phenoxy) is 1. The maximum atomic E-state index is 11.2. The predicted octanol–water partition coefficient (Wildman–Crippen LogP) is 4.83. The summed E-state index contributed by atoms with van der Waals surface area (Å²) in [5.41, 5.74) is 0.944. The lowest BCUT2D eigenvalue weighted by Gasteiger charge is -2.58. The lowest BCUT2D eigenvalue weighted by molar-refractivity contribution is -0.205. The van der Waals surface area contributed by atoms with Gasteiger partial charge in [-0.3, -0.25) is 4.79 Å². The number of amides is 1. The van der Waals surface area contributed by atoms with E-state index in [2.05, 4.69) is 46.0 Å². The Morgan fingerprint density at radius 3 is 2.52 bits per heavy atom. The van der Waals surface area contributed by atoms with Gasteiger partial charge in [0.05, 0.1) is 16.6 Å². The van der Waals surface area contributed by atoms with Crippen LogP contribution in [0.5, 0.6) is 0 Å². The highest BCUT2D eigenvalue weighted by atomic mass is 35.5. The van der Waals surface area contributed by atoms with E-state index in [0.29, 0.717) is 17.8 Å². The fourth-order valence-electron chi connectivity index (χ4n) is 5.84. The maximum absolute atomic E-state index is 11.2. The van der Waals surface area contributed by atoms with Crippen LogP contribution in [0.1, 0.15) is 73.1 Å². The third-order valence-corrected chi connectivity index (χ3v) is 8.11. The first-order valence-electron chi connectivity index (χ1n) is 9.84. The molecule has 6 atom stereocenters. The molecule has 0 radical (unpaired) electrons. The molecule has 3 aliphatic rings. The van der Waals surface area contributed by atoms with Crippen LogP contribution in [0.2, 0.25) is 0 Å². The first-order chi connectivity index (χ1) is 11.6. The number of halogens is 1. The van der Waals surface area contributed by atoms with Gasteiger partial charge in [0.2, 0.25) is 6.41 Å². The van der Waals surface area contributed by atoms with E-state index >= 15 is 0 Å². The van der Waals surface area contributed by atoms with Crippen LogP contribution < -0.4 is 5.32 Å². The second kappa shape index (κ2) is 6.56. The third-order valence-electron chi connectivity index (χ3n) is 7.37. The van der Waals surface area contributed by atoms with E-state index in [1.807, 2.05) is 0 Å². The highest BCUT2D eigenvalue weighted by molar-refractivity contribution is 6.21. The minimum Gasteiger partial charge on any atom is -0.368 e. The largest absolute Gasteiger partial charge is 0.368 e. The van der Waals surface area contributed by atoms with Crippen LogP contribution >= 0.6 is 11.6 Å². The Balaban J connectivity index is 1.92. The molecule has 0 aromatic heterocycles. The number of carbonyl (C=O) groups excluding carboxylic acids is 1. The van der Waals surface area contributed by atoms with Crippen molar-refractivity contribution in [3.8, 4) is 0 Å². The summed E-state index contributed by atoms with van der Waals surface area (Å²) in [7, 11) is 0. The van der Waals surface area contributed by atoms with Crippen molar-refractivity contribution in [2.75, 3.05) is 0 Å². The van der Waals surface area contributed by atoms with Crippen LogP contribution in [0.15, 0.2) is 11.6 Å². The van der Waals surface area contributed by atoms with E-state index in [-0.39, 0.29) is 22.1 Å². The van der Waals surface area contributed by atoms with Crippen LogP contribution in [0.3, 0.4) is 0 Å². The predicted molar refractivity (Wildman–Crippen MR) is 103 cm³/mol. The maximum Gasteiger partial charge on any atom is 0.207 e. The number of hydrogen-bond donors (Lipinski definition) is 1. The Hall–Kier alpha value is -0.540. The average Bonchev–Trinajstić information content (AvgIpc) is 2.51. The van der Waals surface area contributed by atoms with Crippen molar-refractivity contribution < 1.29 is 9.53 Å². The molecule has 25 heavy (non-hydrogen) atoms. The normalized spacial score (nSPS) is 46.7. The number of hydrogen-bond acceptors (Lipinski definition) is 2. The molecule has 142 valence electrons. The quantitative estimate of drug-likeness (QED) is 0.440. The number of rotatable bonds is 3. The van der Waals surface area contributed by atoms with Crippen molar-refractivity contribution in [1.82, 2.24) is 5.32 Å². The molecule has 0 aromatic carbocycles. The van der Waals surface area contributed by atoms with Gasteiger partial charge in [-0.1, -0.05) is 11.6 Å².